The summed E-state index contributed by atoms with van der Waals surface area (Å²) in [4.78, 5) is 14.6. The van der Waals surface area contributed by atoms with E-state index in [1.807, 2.05) is 0 Å². The van der Waals surface area contributed by atoms with E-state index in [2.05, 4.69) is 4.98 Å². The largest absolute Gasteiger partial charge is 0.364 e. The number of hydrogen-bond acceptors (Lipinski definition) is 3. The molecule has 1 unspecified atom stereocenters. The Morgan fingerprint density at radius 1 is 1.35 bits per heavy atom. The van der Waals surface area contributed by atoms with Crippen LogP contribution in [-0.2, 0) is 15.8 Å². The Kier molecular flexibility index (Phi) is 4.88. The van der Waals surface area contributed by atoms with Crippen LogP contribution in [-0.4, -0.2) is 18.0 Å². The lowest BCUT2D eigenvalue weighted by Gasteiger charge is -2.18. The molecule has 1 heterocycles. The molecule has 0 saturated heterocycles. The average Bonchev–Trinajstić information content (AvgIpc) is 3.05. The maximum Gasteiger partial charge on any atom is 0.266 e. The Hall–Kier alpha value is -2.21. The summed E-state index contributed by atoms with van der Waals surface area (Å²) in [6, 6.07) is 8.54. The number of primary amides is 1. The number of benzene rings is 2. The summed E-state index contributed by atoms with van der Waals surface area (Å²) in [7, 11) is -2.82. The molecule has 0 aliphatic rings. The van der Waals surface area contributed by atoms with Gasteiger partial charge in [-0.15, -0.1) is 0 Å². The number of carbonyl (C=O) groups is 1. The van der Waals surface area contributed by atoms with Crippen molar-refractivity contribution in [1.82, 2.24) is 4.98 Å². The third kappa shape index (κ3) is 2.82. The first-order valence-corrected chi connectivity index (χ1v) is 9.45. The molecule has 2 aromatic carbocycles. The predicted octanol–water partition coefficient (Wildman–Crippen LogP) is 3.40. The van der Waals surface area contributed by atoms with Crippen LogP contribution in [0.4, 0.5) is 8.78 Å². The van der Waals surface area contributed by atoms with Gasteiger partial charge >= 0.3 is 0 Å². The van der Waals surface area contributed by atoms with Crippen LogP contribution in [0.3, 0.4) is 0 Å². The Morgan fingerprint density at radius 2 is 2.08 bits per heavy atom. The van der Waals surface area contributed by atoms with E-state index in [4.69, 9.17) is 21.9 Å². The lowest BCUT2D eigenvalue weighted by molar-refractivity contribution is 0.0997. The van der Waals surface area contributed by atoms with Gasteiger partial charge in [0.2, 0.25) is 0 Å². The lowest BCUT2D eigenvalue weighted by Crippen LogP contribution is -2.26. The van der Waals surface area contributed by atoms with Gasteiger partial charge in [0.1, 0.15) is 12.4 Å². The molecule has 1 amide bonds. The van der Waals surface area contributed by atoms with Crippen molar-refractivity contribution in [3.05, 3.63) is 58.5 Å². The van der Waals surface area contributed by atoms with Crippen LogP contribution >= 0.6 is 19.0 Å². The molecule has 0 bridgehead atoms. The number of halogens is 3. The van der Waals surface area contributed by atoms with Crippen LogP contribution in [0.5, 0.6) is 0 Å². The number of nitrogens with two attached hydrogens (primary N) is 1. The smallest absolute Gasteiger partial charge is 0.266 e. The number of H-pyrrole nitrogens is 1. The Morgan fingerprint density at radius 3 is 2.69 bits per heavy atom. The number of hydrogen-bond donors (Lipinski definition) is 2. The Balaban J connectivity index is 2.43. The summed E-state index contributed by atoms with van der Waals surface area (Å²) in [5.74, 6) is -1.80. The first-order chi connectivity index (χ1) is 12.3. The molecule has 5 nitrogen and oxygen atoms in total. The second-order valence-corrected chi connectivity index (χ2v) is 8.37. The molecular weight excluding hydrogens is 385 g/mol. The van der Waals surface area contributed by atoms with E-state index in [1.165, 1.54) is 36.4 Å². The summed E-state index contributed by atoms with van der Waals surface area (Å²) < 4.78 is 46.7. The summed E-state index contributed by atoms with van der Waals surface area (Å²) in [5.41, 5.74) is 5.59. The van der Waals surface area contributed by atoms with E-state index in [-0.39, 0.29) is 37.8 Å². The summed E-state index contributed by atoms with van der Waals surface area (Å²) >= 11 is 5.85. The van der Waals surface area contributed by atoms with Gasteiger partial charge in [0.15, 0.2) is 5.82 Å². The number of aromatic nitrogens is 1. The van der Waals surface area contributed by atoms with Crippen molar-refractivity contribution in [1.29, 1.82) is 0 Å². The normalized spacial score (nSPS) is 13.7. The zero-order chi connectivity index (χ0) is 19.1. The van der Waals surface area contributed by atoms with Gasteiger partial charge in [-0.3, -0.25) is 9.36 Å². The number of rotatable bonds is 5. The van der Waals surface area contributed by atoms with Crippen molar-refractivity contribution in [3.63, 3.8) is 0 Å². The number of amides is 1. The highest BCUT2D eigenvalue weighted by Crippen LogP contribution is 2.47. The number of aromatic amines is 1. The summed E-state index contributed by atoms with van der Waals surface area (Å²) in [5, 5.41) is -0.479. The van der Waals surface area contributed by atoms with E-state index >= 15 is 0 Å². The quantitative estimate of drug-likeness (QED) is 0.646. The molecule has 1 aromatic heterocycles. The zero-order valence-electron chi connectivity index (χ0n) is 13.6. The van der Waals surface area contributed by atoms with Gasteiger partial charge < -0.3 is 15.2 Å². The minimum atomic E-state index is -3.98. The van der Waals surface area contributed by atoms with Crippen LogP contribution in [0.1, 0.15) is 16.1 Å². The second kappa shape index (κ2) is 6.83. The molecule has 3 aromatic rings. The molecular formula is C17H14ClF2N2O3P. The highest BCUT2D eigenvalue weighted by Gasteiger charge is 2.37. The highest BCUT2D eigenvalue weighted by molar-refractivity contribution is 7.75. The maximum atomic E-state index is 14.7. The van der Waals surface area contributed by atoms with E-state index in [9.17, 15) is 18.1 Å². The monoisotopic (exact) mass is 398 g/mol. The summed E-state index contributed by atoms with van der Waals surface area (Å²) in [6.45, 7) is -0.783. The second-order valence-electron chi connectivity index (χ2n) is 5.53. The number of nitrogens with one attached hydrogen (secondary N) is 1. The third-order valence-corrected chi connectivity index (χ3v) is 6.83. The number of fused-ring (bicyclic) bond motifs is 1. The standard InChI is InChI=1S/C17H14ClF2N2O3P/c1-25-26(24,10-4-2-3-9(7-10)8-19)16-13-12(22-15(16)17(21)23)6-5-11(18)14(13)20/h2-7,22H,8H2,1H3,(H2,21,23). The number of alkyl halides is 1. The van der Waals surface area contributed by atoms with Gasteiger partial charge in [0.25, 0.3) is 13.3 Å². The molecule has 0 aliphatic heterocycles. The minimum absolute atomic E-state index is 0.109. The molecule has 0 saturated carbocycles. The van der Waals surface area contributed by atoms with Crippen LogP contribution in [0, 0.1) is 5.82 Å². The maximum absolute atomic E-state index is 14.7. The zero-order valence-corrected chi connectivity index (χ0v) is 15.2. The minimum Gasteiger partial charge on any atom is -0.364 e. The van der Waals surface area contributed by atoms with E-state index in [0.717, 1.165) is 7.11 Å². The van der Waals surface area contributed by atoms with Crippen molar-refractivity contribution >= 4 is 46.4 Å². The van der Waals surface area contributed by atoms with Crippen molar-refractivity contribution in [2.24, 2.45) is 5.73 Å². The molecule has 0 radical (unpaired) electrons. The molecule has 136 valence electrons. The fourth-order valence-electron chi connectivity index (χ4n) is 2.83. The van der Waals surface area contributed by atoms with Crippen molar-refractivity contribution < 1.29 is 22.7 Å². The SMILES string of the molecule is COP(=O)(c1cccc(CF)c1)c1c(C(N)=O)[nH]c2ccc(Cl)c(F)c12. The molecule has 0 fully saturated rings. The lowest BCUT2D eigenvalue weighted by atomic mass is 10.2. The third-order valence-electron chi connectivity index (χ3n) is 4.03. The van der Waals surface area contributed by atoms with Gasteiger partial charge in [0, 0.05) is 17.9 Å². The molecule has 3 rings (SSSR count). The van der Waals surface area contributed by atoms with Crippen LogP contribution < -0.4 is 16.3 Å². The Labute approximate surface area is 152 Å². The van der Waals surface area contributed by atoms with Gasteiger partial charge in [-0.05, 0) is 29.8 Å². The van der Waals surface area contributed by atoms with Gasteiger partial charge in [-0.2, -0.15) is 0 Å². The first kappa shape index (κ1) is 18.6. The highest BCUT2D eigenvalue weighted by atomic mass is 35.5. The molecule has 0 spiro atoms. The molecule has 1 atom stereocenters. The molecule has 9 heteroatoms. The van der Waals surface area contributed by atoms with Crippen LogP contribution in [0.15, 0.2) is 36.4 Å². The van der Waals surface area contributed by atoms with Gasteiger partial charge in [0.05, 0.1) is 15.7 Å². The van der Waals surface area contributed by atoms with E-state index in [1.54, 1.807) is 0 Å². The van der Waals surface area contributed by atoms with Crippen molar-refractivity contribution in [2.75, 3.05) is 7.11 Å². The number of carbonyl (C=O) groups excluding carboxylic acids is 1. The molecule has 26 heavy (non-hydrogen) atoms. The first-order valence-electron chi connectivity index (χ1n) is 7.44. The Bertz CT molecular complexity index is 1070. The van der Waals surface area contributed by atoms with Gasteiger partial charge in [-0.1, -0.05) is 23.7 Å². The van der Waals surface area contributed by atoms with Crippen LogP contribution in [0.25, 0.3) is 10.9 Å². The molecule has 0 aliphatic carbocycles. The molecule has 3 N–H and O–H groups in total. The summed E-state index contributed by atoms with van der Waals surface area (Å²) in [6.07, 6.45) is 0. The predicted molar refractivity (Wildman–Crippen MR) is 96.9 cm³/mol. The topological polar surface area (TPSA) is 85.2 Å². The van der Waals surface area contributed by atoms with Crippen molar-refractivity contribution in [3.8, 4) is 0 Å². The van der Waals surface area contributed by atoms with Gasteiger partial charge in [-0.25, -0.2) is 8.78 Å². The van der Waals surface area contributed by atoms with Crippen molar-refractivity contribution in [2.45, 2.75) is 6.67 Å². The average molecular weight is 399 g/mol. The van der Waals surface area contributed by atoms with E-state index < -0.39 is 25.8 Å². The fraction of sp³-hybridized carbons (Fsp3) is 0.118. The fourth-order valence-corrected chi connectivity index (χ4v) is 5.23. The van der Waals surface area contributed by atoms with E-state index in [0.29, 0.717) is 0 Å². The van der Waals surface area contributed by atoms with Crippen LogP contribution in [0.2, 0.25) is 5.02 Å².